The molecule has 0 saturated carbocycles. The van der Waals surface area contributed by atoms with Crippen molar-refractivity contribution in [2.24, 2.45) is 5.92 Å². The van der Waals surface area contributed by atoms with Gasteiger partial charge in [-0.25, -0.2) is 18.0 Å². The number of methoxy groups -OCH3 is 1. The van der Waals surface area contributed by atoms with Crippen LogP contribution in [0.2, 0.25) is 0 Å². The molecule has 2 atom stereocenters. The third-order valence-electron chi connectivity index (χ3n) is 6.95. The molecule has 0 bridgehead atoms. The number of amides is 1. The molecule has 1 saturated heterocycles. The predicted octanol–water partition coefficient (Wildman–Crippen LogP) is 4.82. The van der Waals surface area contributed by atoms with Gasteiger partial charge in [0.15, 0.2) is 11.6 Å². The van der Waals surface area contributed by atoms with Gasteiger partial charge >= 0.3 is 5.97 Å². The number of benzene rings is 3. The Hall–Kier alpha value is -3.85. The maximum atomic E-state index is 14.3. The zero-order valence-electron chi connectivity index (χ0n) is 24.6. The van der Waals surface area contributed by atoms with Crippen molar-refractivity contribution in [1.82, 2.24) is 9.80 Å². The van der Waals surface area contributed by atoms with Gasteiger partial charge in [-0.05, 0) is 50.0 Å². The summed E-state index contributed by atoms with van der Waals surface area (Å²) >= 11 is 0. The smallest absolute Gasteiger partial charge is 0.339 e. The largest absolute Gasteiger partial charge is 0.497 e. The summed E-state index contributed by atoms with van der Waals surface area (Å²) in [6, 6.07) is 15.8. The van der Waals surface area contributed by atoms with Gasteiger partial charge in [0, 0.05) is 43.6 Å². The van der Waals surface area contributed by atoms with E-state index in [1.54, 1.807) is 42.5 Å². The van der Waals surface area contributed by atoms with Crippen molar-refractivity contribution >= 4 is 11.9 Å². The summed E-state index contributed by atoms with van der Waals surface area (Å²) in [5, 5.41) is 0. The maximum absolute atomic E-state index is 14.3. The van der Waals surface area contributed by atoms with Gasteiger partial charge in [0.2, 0.25) is 5.91 Å². The fourth-order valence-corrected chi connectivity index (χ4v) is 5.05. The van der Waals surface area contributed by atoms with Crippen molar-refractivity contribution in [3.8, 4) is 5.75 Å². The van der Waals surface area contributed by atoms with E-state index in [0.717, 1.165) is 0 Å². The van der Waals surface area contributed by atoms with Crippen LogP contribution in [0, 0.1) is 23.4 Å². The molecule has 3 aromatic rings. The van der Waals surface area contributed by atoms with Crippen LogP contribution in [-0.4, -0.2) is 62.4 Å². The summed E-state index contributed by atoms with van der Waals surface area (Å²) in [4.78, 5) is 30.1. The number of ether oxygens (including phenoxy) is 2. The van der Waals surface area contributed by atoms with E-state index in [-0.39, 0.29) is 30.8 Å². The molecule has 0 aromatic heterocycles. The van der Waals surface area contributed by atoms with Crippen molar-refractivity contribution in [1.29, 1.82) is 0 Å². The molecule has 206 valence electrons. The Labute approximate surface area is 230 Å². The van der Waals surface area contributed by atoms with Crippen molar-refractivity contribution < 1.29 is 36.3 Å². The van der Waals surface area contributed by atoms with Gasteiger partial charge in [0.1, 0.15) is 17.2 Å². The number of hydrogen-bond acceptors (Lipinski definition) is 5. The van der Waals surface area contributed by atoms with Gasteiger partial charge in [0.25, 0.3) is 0 Å². The number of carbonyl (C=O) groups excluding carboxylic acids is 2. The van der Waals surface area contributed by atoms with Gasteiger partial charge in [0.05, 0.1) is 23.1 Å². The molecule has 39 heavy (non-hydrogen) atoms. The molecule has 0 aliphatic carbocycles. The molecular formula is C30H31F3N2O4. The van der Waals surface area contributed by atoms with Crippen LogP contribution in [0.3, 0.4) is 0 Å². The van der Waals surface area contributed by atoms with Crippen LogP contribution in [0.5, 0.6) is 5.75 Å². The molecular weight excluding hydrogens is 509 g/mol. The predicted molar refractivity (Wildman–Crippen MR) is 140 cm³/mol. The first-order valence-electron chi connectivity index (χ1n) is 13.9. The second-order valence-electron chi connectivity index (χ2n) is 9.86. The fourth-order valence-electron chi connectivity index (χ4n) is 5.05. The minimum Gasteiger partial charge on any atom is -0.497 e. The summed E-state index contributed by atoms with van der Waals surface area (Å²) < 4.78 is 75.4. The third kappa shape index (κ3) is 6.25. The Morgan fingerprint density at radius 3 is 2.49 bits per heavy atom. The van der Waals surface area contributed by atoms with Crippen molar-refractivity contribution in [2.45, 2.75) is 18.4 Å². The Morgan fingerprint density at radius 2 is 1.77 bits per heavy atom. The molecule has 4 rings (SSSR count). The quantitative estimate of drug-likeness (QED) is 0.301. The van der Waals surface area contributed by atoms with Crippen LogP contribution >= 0.6 is 0 Å². The topological polar surface area (TPSA) is 59.1 Å². The van der Waals surface area contributed by atoms with Gasteiger partial charge in [-0.3, -0.25) is 4.79 Å². The Kier molecular flexibility index (Phi) is 7.39. The Morgan fingerprint density at radius 1 is 1.03 bits per heavy atom. The number of carbonyl (C=O) groups is 2. The molecule has 0 spiro atoms. The van der Waals surface area contributed by atoms with E-state index in [2.05, 4.69) is 0 Å². The molecule has 1 aliphatic heterocycles. The van der Waals surface area contributed by atoms with Crippen LogP contribution in [-0.2, 0) is 21.6 Å². The van der Waals surface area contributed by atoms with E-state index < -0.39 is 54.3 Å². The number of nitrogens with zero attached hydrogens (tertiary/aromatic N) is 2. The zero-order chi connectivity index (χ0) is 30.7. The molecule has 6 nitrogen and oxygen atoms in total. The number of hydrogen-bond donors (Lipinski definition) is 0. The summed E-state index contributed by atoms with van der Waals surface area (Å²) in [5.41, 5.74) is -0.790. The lowest BCUT2D eigenvalue weighted by atomic mass is 9.75. The standard InChI is InChI=1S/C30H31F3N2O4/c1-34(2)18-23-19-35(28(36)15-21-14-26(32)27(33)17-25(21)31)13-12-30(23,22-10-7-11-24(16-22)38-3)39-29(37)20-8-5-4-6-9-20/h4-11,14,16-17,23H,12-13,15,18-19H2,1-3H3/i3D3. The molecule has 2 unspecified atom stereocenters. The lowest BCUT2D eigenvalue weighted by Gasteiger charge is -2.48. The van der Waals surface area contributed by atoms with Gasteiger partial charge in [-0.2, -0.15) is 0 Å². The highest BCUT2D eigenvalue weighted by atomic mass is 19.2. The highest BCUT2D eigenvalue weighted by molar-refractivity contribution is 5.89. The third-order valence-corrected chi connectivity index (χ3v) is 6.95. The summed E-state index contributed by atoms with van der Waals surface area (Å²) in [6.07, 6.45) is -0.371. The van der Waals surface area contributed by atoms with E-state index in [4.69, 9.17) is 13.6 Å². The van der Waals surface area contributed by atoms with Crippen LogP contribution in [0.25, 0.3) is 0 Å². The normalized spacial score (nSPS) is 20.6. The summed E-state index contributed by atoms with van der Waals surface area (Å²) in [7, 11) is 0.922. The molecule has 0 N–H and O–H groups in total. The van der Waals surface area contributed by atoms with Crippen LogP contribution < -0.4 is 4.74 Å². The molecule has 0 radical (unpaired) electrons. The average Bonchev–Trinajstić information content (AvgIpc) is 2.92. The number of halogens is 3. The number of likely N-dealkylation sites (tertiary alicyclic amines) is 1. The number of piperidine rings is 1. The first-order chi connectivity index (χ1) is 19.8. The van der Waals surface area contributed by atoms with Gasteiger partial charge < -0.3 is 19.3 Å². The van der Waals surface area contributed by atoms with Crippen molar-refractivity contribution in [2.75, 3.05) is 40.8 Å². The van der Waals surface area contributed by atoms with E-state index in [9.17, 15) is 22.8 Å². The minimum atomic E-state index is -2.71. The van der Waals surface area contributed by atoms with E-state index in [1.165, 1.54) is 17.0 Å². The van der Waals surface area contributed by atoms with E-state index in [0.29, 0.717) is 29.8 Å². The zero-order valence-corrected chi connectivity index (χ0v) is 21.6. The highest BCUT2D eigenvalue weighted by Crippen LogP contribution is 2.43. The molecule has 9 heteroatoms. The van der Waals surface area contributed by atoms with Crippen LogP contribution in [0.15, 0.2) is 66.7 Å². The molecule has 1 fully saturated rings. The number of esters is 1. The van der Waals surface area contributed by atoms with Crippen LogP contribution in [0.1, 0.15) is 32.0 Å². The second kappa shape index (κ2) is 11.9. The summed E-state index contributed by atoms with van der Waals surface area (Å²) in [6.45, 7) is 0.505. The van der Waals surface area contributed by atoms with Gasteiger partial charge in [-0.15, -0.1) is 0 Å². The second-order valence-corrected chi connectivity index (χ2v) is 9.86. The first-order valence-corrected chi connectivity index (χ1v) is 12.4. The number of rotatable bonds is 8. The van der Waals surface area contributed by atoms with Gasteiger partial charge in [-0.1, -0.05) is 30.3 Å². The highest BCUT2D eigenvalue weighted by Gasteiger charge is 2.49. The van der Waals surface area contributed by atoms with E-state index in [1.807, 2.05) is 19.0 Å². The Balaban J connectivity index is 1.71. The lowest BCUT2D eigenvalue weighted by Crippen LogP contribution is -2.56. The molecule has 1 heterocycles. The maximum Gasteiger partial charge on any atom is 0.339 e. The lowest BCUT2D eigenvalue weighted by molar-refractivity contribution is -0.142. The molecule has 3 aromatic carbocycles. The monoisotopic (exact) mass is 543 g/mol. The Bertz CT molecular complexity index is 1440. The SMILES string of the molecule is [2H]C([2H])([2H])Oc1cccc(C2(OC(=O)c3ccccc3)CCN(C(=O)Cc3cc(F)c(F)cc3F)CC2CN(C)C)c1. The molecule has 1 aliphatic rings. The van der Waals surface area contributed by atoms with Crippen LogP contribution in [0.4, 0.5) is 13.2 Å². The summed E-state index contributed by atoms with van der Waals surface area (Å²) in [5.74, 6) is -5.22. The van der Waals surface area contributed by atoms with E-state index >= 15 is 0 Å². The minimum absolute atomic E-state index is 0.0542. The first kappa shape index (κ1) is 24.2. The molecule has 1 amide bonds. The van der Waals surface area contributed by atoms with Crippen molar-refractivity contribution in [3.63, 3.8) is 0 Å². The fraction of sp³-hybridized carbons (Fsp3) is 0.333. The average molecular weight is 544 g/mol. The van der Waals surface area contributed by atoms with Crippen molar-refractivity contribution in [3.05, 3.63) is 101 Å².